The second kappa shape index (κ2) is 11.7. The summed E-state index contributed by atoms with van der Waals surface area (Å²) in [5.74, 6) is -0.791. The Morgan fingerprint density at radius 1 is 1.32 bits per heavy atom. The molecule has 0 aliphatic carbocycles. The Balaban J connectivity index is 0.00000288. The Bertz CT molecular complexity index is 618. The van der Waals surface area contributed by atoms with Crippen LogP contribution in [0.2, 0.25) is 0 Å². The summed E-state index contributed by atoms with van der Waals surface area (Å²) >= 11 is 0. The number of sulfonamides is 1. The number of halogens is 2. The Hall–Kier alpha value is -0.840. The lowest BCUT2D eigenvalue weighted by molar-refractivity contribution is 0.0484. The minimum absolute atomic E-state index is 0. The summed E-state index contributed by atoms with van der Waals surface area (Å²) < 4.78 is 36.5. The maximum Gasteiger partial charge on any atom is 0.374 e. The Morgan fingerprint density at radius 3 is 2.64 bits per heavy atom. The van der Waals surface area contributed by atoms with Crippen molar-refractivity contribution < 1.29 is 22.4 Å². The van der Waals surface area contributed by atoms with Gasteiger partial charge >= 0.3 is 5.97 Å². The smallest absolute Gasteiger partial charge is 0.374 e. The van der Waals surface area contributed by atoms with Crippen LogP contribution in [0.5, 0.6) is 0 Å². The molecular weight excluding hydrogens is 393 g/mol. The van der Waals surface area contributed by atoms with Gasteiger partial charge in [0.1, 0.15) is 0 Å². The minimum atomic E-state index is -3.75. The van der Waals surface area contributed by atoms with E-state index in [0.29, 0.717) is 13.0 Å². The van der Waals surface area contributed by atoms with Crippen molar-refractivity contribution in [2.75, 3.05) is 45.9 Å². The van der Waals surface area contributed by atoms with Gasteiger partial charge in [-0.2, -0.15) is 0 Å². The van der Waals surface area contributed by atoms with Gasteiger partial charge in [0.15, 0.2) is 0 Å². The topological polar surface area (TPSA) is 101 Å². The zero-order valence-electron chi connectivity index (χ0n) is 14.0. The van der Waals surface area contributed by atoms with Crippen LogP contribution in [0, 0.1) is 0 Å². The number of hydrogen-bond acceptors (Lipinski definition) is 7. The summed E-state index contributed by atoms with van der Waals surface area (Å²) in [5, 5.41) is 2.99. The highest BCUT2D eigenvalue weighted by molar-refractivity contribution is 7.89. The second-order valence-electron chi connectivity index (χ2n) is 5.18. The number of rotatable bonds is 8. The van der Waals surface area contributed by atoms with Gasteiger partial charge in [0.25, 0.3) is 10.0 Å². The van der Waals surface area contributed by atoms with Crippen LogP contribution in [-0.2, 0) is 14.8 Å². The fraction of sp³-hybridized carbons (Fsp3) is 0.643. The van der Waals surface area contributed by atoms with Crippen molar-refractivity contribution in [3.05, 3.63) is 17.9 Å². The summed E-state index contributed by atoms with van der Waals surface area (Å²) in [4.78, 5) is 13.8. The van der Waals surface area contributed by atoms with Crippen LogP contribution in [-0.4, -0.2) is 65.2 Å². The van der Waals surface area contributed by atoms with E-state index in [-0.39, 0.29) is 42.3 Å². The molecule has 1 aliphatic heterocycles. The molecule has 0 atom stereocenters. The predicted octanol–water partition coefficient (Wildman–Crippen LogP) is 0.873. The van der Waals surface area contributed by atoms with Gasteiger partial charge in [-0.25, -0.2) is 17.9 Å². The molecule has 8 nitrogen and oxygen atoms in total. The molecule has 1 fully saturated rings. The van der Waals surface area contributed by atoms with Gasteiger partial charge in [0.05, 0.1) is 6.61 Å². The number of ether oxygens (including phenoxy) is 1. The highest BCUT2D eigenvalue weighted by atomic mass is 35.5. The summed E-state index contributed by atoms with van der Waals surface area (Å²) in [5.41, 5.74) is 0. The normalized spacial score (nSPS) is 15.1. The van der Waals surface area contributed by atoms with E-state index in [9.17, 15) is 13.2 Å². The third-order valence-electron chi connectivity index (χ3n) is 3.48. The van der Waals surface area contributed by atoms with Gasteiger partial charge in [-0.15, -0.1) is 24.8 Å². The largest absolute Gasteiger partial charge is 0.460 e. The number of nitrogens with zero attached hydrogens (tertiary/aromatic N) is 1. The van der Waals surface area contributed by atoms with Crippen LogP contribution >= 0.6 is 24.8 Å². The van der Waals surface area contributed by atoms with Crippen LogP contribution in [0.4, 0.5) is 0 Å². The molecule has 1 saturated heterocycles. The molecule has 1 aromatic heterocycles. The number of nitrogens with one attached hydrogen (secondary N) is 2. The van der Waals surface area contributed by atoms with Crippen LogP contribution in [0.25, 0.3) is 0 Å². The third kappa shape index (κ3) is 7.51. The van der Waals surface area contributed by atoms with Crippen LogP contribution in [0.15, 0.2) is 21.6 Å². The maximum absolute atomic E-state index is 12.1. The minimum Gasteiger partial charge on any atom is -0.460 e. The Labute approximate surface area is 160 Å². The van der Waals surface area contributed by atoms with E-state index in [1.807, 2.05) is 0 Å². The lowest BCUT2D eigenvalue weighted by atomic mass is 10.3. The summed E-state index contributed by atoms with van der Waals surface area (Å²) in [6, 6.07) is 2.55. The molecule has 0 bridgehead atoms. The molecule has 0 spiro atoms. The number of esters is 1. The molecule has 2 N–H and O–H groups in total. The molecule has 1 aliphatic rings. The summed E-state index contributed by atoms with van der Waals surface area (Å²) in [7, 11) is -3.75. The monoisotopic (exact) mass is 417 g/mol. The molecule has 0 amide bonds. The van der Waals surface area contributed by atoms with Crippen LogP contribution < -0.4 is 10.0 Å². The second-order valence-corrected chi connectivity index (χ2v) is 6.88. The highest BCUT2D eigenvalue weighted by Gasteiger charge is 2.21. The molecule has 0 aromatic carbocycles. The molecule has 2 rings (SSSR count). The predicted molar refractivity (Wildman–Crippen MR) is 98.3 cm³/mol. The molecule has 11 heteroatoms. The van der Waals surface area contributed by atoms with Crippen LogP contribution in [0.1, 0.15) is 23.9 Å². The van der Waals surface area contributed by atoms with Gasteiger partial charge in [-0.3, -0.25) is 0 Å². The molecule has 1 aromatic rings. The standard InChI is InChI=1S/C14H23N3O5S.2ClH/c1-2-21-14(18)12-4-5-13(22-12)23(19,20)16-6-3-9-17-10-7-15-8-11-17;;/h4-5,15-16H,2-3,6-11H2,1H3;2*1H. The lowest BCUT2D eigenvalue weighted by Gasteiger charge is -2.26. The van der Waals surface area contributed by atoms with E-state index >= 15 is 0 Å². The molecule has 0 saturated carbocycles. The summed E-state index contributed by atoms with van der Waals surface area (Å²) in [6.07, 6.45) is 0.713. The first-order chi connectivity index (χ1) is 11.0. The molecule has 2 heterocycles. The fourth-order valence-electron chi connectivity index (χ4n) is 2.29. The van der Waals surface area contributed by atoms with Gasteiger partial charge in [0.2, 0.25) is 10.9 Å². The molecule has 25 heavy (non-hydrogen) atoms. The number of carbonyl (C=O) groups excluding carboxylic acids is 1. The molecule has 0 radical (unpaired) electrons. The summed E-state index contributed by atoms with van der Waals surface area (Å²) in [6.45, 7) is 6.92. The van der Waals surface area contributed by atoms with Crippen molar-refractivity contribution in [1.82, 2.24) is 14.9 Å². The Kier molecular flexibility index (Phi) is 11.3. The van der Waals surface area contributed by atoms with Gasteiger partial charge in [-0.05, 0) is 32.0 Å². The van der Waals surface area contributed by atoms with E-state index in [4.69, 9.17) is 9.15 Å². The number of furan rings is 1. The average molecular weight is 418 g/mol. The number of piperazine rings is 1. The van der Waals surface area contributed by atoms with E-state index in [1.54, 1.807) is 6.92 Å². The first-order valence-electron chi connectivity index (χ1n) is 7.72. The van der Waals surface area contributed by atoms with Crippen LogP contribution in [0.3, 0.4) is 0 Å². The quantitative estimate of drug-likeness (QED) is 0.477. The van der Waals surface area contributed by atoms with Crippen molar-refractivity contribution in [3.63, 3.8) is 0 Å². The lowest BCUT2D eigenvalue weighted by Crippen LogP contribution is -2.44. The third-order valence-corrected chi connectivity index (χ3v) is 4.81. The highest BCUT2D eigenvalue weighted by Crippen LogP contribution is 2.14. The van der Waals surface area contributed by atoms with Gasteiger partial charge < -0.3 is 19.4 Å². The SMILES string of the molecule is CCOC(=O)c1ccc(S(=O)(=O)NCCCN2CCNCC2)o1.Cl.Cl. The maximum atomic E-state index is 12.1. The molecule has 0 unspecified atom stereocenters. The van der Waals surface area contributed by atoms with Crippen molar-refractivity contribution in [2.24, 2.45) is 0 Å². The zero-order valence-corrected chi connectivity index (χ0v) is 16.5. The van der Waals surface area contributed by atoms with E-state index < -0.39 is 16.0 Å². The first kappa shape index (κ1) is 24.2. The fourth-order valence-corrected chi connectivity index (χ4v) is 3.29. The van der Waals surface area contributed by atoms with E-state index in [1.165, 1.54) is 12.1 Å². The number of carbonyl (C=O) groups is 1. The molecular formula is C14H25Cl2N3O5S. The van der Waals surface area contributed by atoms with E-state index in [0.717, 1.165) is 32.7 Å². The average Bonchev–Trinajstić information content (AvgIpc) is 3.04. The van der Waals surface area contributed by atoms with Crippen molar-refractivity contribution in [3.8, 4) is 0 Å². The van der Waals surface area contributed by atoms with E-state index in [2.05, 4.69) is 14.9 Å². The Morgan fingerprint density at radius 2 is 2.00 bits per heavy atom. The number of hydrogen-bond donors (Lipinski definition) is 2. The van der Waals surface area contributed by atoms with Crippen molar-refractivity contribution >= 4 is 40.8 Å². The van der Waals surface area contributed by atoms with Gasteiger partial charge in [0, 0.05) is 32.7 Å². The van der Waals surface area contributed by atoms with Crippen molar-refractivity contribution in [1.29, 1.82) is 0 Å². The van der Waals surface area contributed by atoms with Gasteiger partial charge in [-0.1, -0.05) is 0 Å². The molecule has 146 valence electrons. The first-order valence-corrected chi connectivity index (χ1v) is 9.21. The van der Waals surface area contributed by atoms with Crippen molar-refractivity contribution in [2.45, 2.75) is 18.4 Å². The zero-order chi connectivity index (χ0) is 16.7.